The van der Waals surface area contributed by atoms with E-state index in [0.717, 1.165) is 48.0 Å². The first-order valence-corrected chi connectivity index (χ1v) is 24.2. The van der Waals surface area contributed by atoms with Crippen LogP contribution in [0.2, 0.25) is 0 Å². The van der Waals surface area contributed by atoms with Crippen molar-refractivity contribution in [3.8, 4) is 22.9 Å². The van der Waals surface area contributed by atoms with E-state index in [-0.39, 0.29) is 31.0 Å². The summed E-state index contributed by atoms with van der Waals surface area (Å²) in [4.78, 5) is 81.9. The number of urea groups is 1. The van der Waals surface area contributed by atoms with Crippen LogP contribution >= 0.6 is 11.3 Å². The Morgan fingerprint density at radius 3 is 2.51 bits per heavy atom. The summed E-state index contributed by atoms with van der Waals surface area (Å²) in [6.45, 7) is 4.11. The Hall–Kier alpha value is -6.75. The number of amides is 6. The third-order valence-electron chi connectivity index (χ3n) is 13.1. The number of ether oxygens (including phenoxy) is 2. The van der Waals surface area contributed by atoms with Crippen LogP contribution in [-0.4, -0.2) is 94.0 Å². The molecule has 1 saturated heterocycles. The molecular formula is C50H57N9O7S. The fourth-order valence-electron chi connectivity index (χ4n) is 9.49. The highest BCUT2D eigenvalue weighted by molar-refractivity contribution is 7.14. The number of anilines is 1. The fraction of sp³-hybridized carbons (Fsp3) is 0.420. The van der Waals surface area contributed by atoms with Crippen molar-refractivity contribution >= 4 is 67.8 Å². The number of rotatable bonds is 10. The predicted molar refractivity (Wildman–Crippen MR) is 257 cm³/mol. The van der Waals surface area contributed by atoms with E-state index in [1.54, 1.807) is 19.2 Å². The smallest absolute Gasteiger partial charge is 0.315 e. The number of hydrazine groups is 1. The highest BCUT2D eigenvalue weighted by Gasteiger charge is 2.61. The van der Waals surface area contributed by atoms with Gasteiger partial charge in [-0.2, -0.15) is 0 Å². The van der Waals surface area contributed by atoms with Crippen LogP contribution in [-0.2, 0) is 14.4 Å². The van der Waals surface area contributed by atoms with Crippen molar-refractivity contribution in [1.82, 2.24) is 41.7 Å². The second kappa shape index (κ2) is 19.6. The molecule has 16 nitrogen and oxygen atoms in total. The van der Waals surface area contributed by atoms with Crippen molar-refractivity contribution < 1.29 is 33.4 Å². The van der Waals surface area contributed by atoms with E-state index in [1.165, 1.54) is 16.2 Å². The van der Waals surface area contributed by atoms with E-state index in [2.05, 4.69) is 32.1 Å². The molecule has 6 N–H and O–H groups in total. The molecule has 2 aromatic heterocycles. The van der Waals surface area contributed by atoms with E-state index in [0.29, 0.717) is 65.0 Å². The average molecular weight is 928 g/mol. The molecule has 3 fully saturated rings. The number of carbonyl (C=O) groups is 5. The second-order valence-corrected chi connectivity index (χ2v) is 19.2. The molecule has 5 atom stereocenters. The molecule has 0 radical (unpaired) electrons. The monoisotopic (exact) mass is 927 g/mol. The number of nitrogens with one attached hydrogen (secondary N) is 6. The fourth-order valence-corrected chi connectivity index (χ4v) is 10.3. The molecule has 2 aliphatic carbocycles. The van der Waals surface area contributed by atoms with Crippen molar-refractivity contribution in [3.63, 3.8) is 0 Å². The molecule has 350 valence electrons. The largest absolute Gasteiger partial charge is 0.497 e. The summed E-state index contributed by atoms with van der Waals surface area (Å²) in [5.41, 5.74) is 5.93. The minimum Gasteiger partial charge on any atom is -0.497 e. The van der Waals surface area contributed by atoms with Crippen LogP contribution in [0.4, 0.5) is 9.93 Å². The van der Waals surface area contributed by atoms with Crippen molar-refractivity contribution in [2.75, 3.05) is 19.0 Å². The number of aromatic nitrogens is 2. The number of hydrogen-bond donors (Lipinski definition) is 6. The van der Waals surface area contributed by atoms with Gasteiger partial charge in [0.2, 0.25) is 11.8 Å². The standard InChI is InChI=1S/C50H57N9O7S/c1-29(2)51-49-55-41(28-67-49)40-25-43(37-21-20-35(65-3)23-39(37)53-40)66-36-24-42-45(61)56-50(47(63)58-57-44(60)32-19-18-30-12-8-9-13-31(30)22-32)26-33(50)14-6-4-5-7-17-38(46(62)59(42)27-36)54-48(64)52-34-15-10-11-16-34/h6,8-9,12-14,18-23,25,28-29,33-34,36,38,42H,4-5,7,10-11,15-17,24,26-27H2,1-3H3,(H,51,55)(H,56,61)(H,57,60)(H,58,63)(H2,52,54,64)/b14-6-/t33-,36-,38+,42+,50-/m1/s1. The Bertz CT molecular complexity index is 2720. The maximum absolute atomic E-state index is 14.9. The van der Waals surface area contributed by atoms with Gasteiger partial charge in [-0.25, -0.2) is 14.8 Å². The zero-order valence-corrected chi connectivity index (χ0v) is 38.7. The van der Waals surface area contributed by atoms with Crippen molar-refractivity contribution in [1.29, 1.82) is 0 Å². The lowest BCUT2D eigenvalue weighted by molar-refractivity contribution is -0.141. The van der Waals surface area contributed by atoms with E-state index >= 15 is 0 Å². The molecule has 3 aromatic carbocycles. The Kier molecular flexibility index (Phi) is 13.3. The zero-order valence-electron chi connectivity index (χ0n) is 37.9. The van der Waals surface area contributed by atoms with Crippen molar-refractivity contribution in [2.24, 2.45) is 5.92 Å². The van der Waals surface area contributed by atoms with Crippen LogP contribution in [0.3, 0.4) is 0 Å². The number of fused-ring (bicyclic) bond motifs is 4. The molecule has 0 spiro atoms. The molecule has 2 aliphatic heterocycles. The highest BCUT2D eigenvalue weighted by Crippen LogP contribution is 2.46. The van der Waals surface area contributed by atoms with Crippen LogP contribution < -0.4 is 41.6 Å². The number of benzene rings is 3. The molecule has 5 aromatic rings. The van der Waals surface area contributed by atoms with Gasteiger partial charge in [-0.05, 0) is 87.4 Å². The van der Waals surface area contributed by atoms with Gasteiger partial charge in [0.1, 0.15) is 40.9 Å². The van der Waals surface area contributed by atoms with Gasteiger partial charge in [0.15, 0.2) is 5.13 Å². The van der Waals surface area contributed by atoms with Gasteiger partial charge in [-0.1, -0.05) is 61.7 Å². The number of carbonyl (C=O) groups excluding carboxylic acids is 5. The first-order chi connectivity index (χ1) is 32.5. The van der Waals surface area contributed by atoms with Gasteiger partial charge in [0, 0.05) is 52.9 Å². The first kappa shape index (κ1) is 45.4. The van der Waals surface area contributed by atoms with Crippen LogP contribution in [0.5, 0.6) is 11.5 Å². The molecule has 4 aliphatic rings. The molecule has 0 unspecified atom stereocenters. The molecular weight excluding hydrogens is 871 g/mol. The minimum absolute atomic E-state index is 0.0259. The first-order valence-electron chi connectivity index (χ1n) is 23.3. The number of pyridine rings is 1. The zero-order chi connectivity index (χ0) is 46.7. The number of methoxy groups -OCH3 is 1. The number of thiazole rings is 1. The third kappa shape index (κ3) is 10.2. The normalized spacial score (nSPS) is 23.7. The number of allylic oxidation sites excluding steroid dienone is 1. The van der Waals surface area contributed by atoms with Crippen LogP contribution in [0.1, 0.15) is 88.4 Å². The molecule has 2 saturated carbocycles. The number of nitrogens with zero attached hydrogens (tertiary/aromatic N) is 3. The Morgan fingerprint density at radius 2 is 1.70 bits per heavy atom. The predicted octanol–water partition coefficient (Wildman–Crippen LogP) is 6.77. The summed E-state index contributed by atoms with van der Waals surface area (Å²) in [6, 6.07) is 18.1. The Labute approximate surface area is 393 Å². The Balaban J connectivity index is 1.000. The van der Waals surface area contributed by atoms with Crippen LogP contribution in [0.25, 0.3) is 33.1 Å². The lowest BCUT2D eigenvalue weighted by atomic mass is 10.0. The minimum atomic E-state index is -1.40. The van der Waals surface area contributed by atoms with Crippen molar-refractivity contribution in [2.45, 2.75) is 114 Å². The molecule has 17 heteroatoms. The summed E-state index contributed by atoms with van der Waals surface area (Å²) in [6.07, 6.45) is 9.86. The molecule has 6 amide bonds. The van der Waals surface area contributed by atoms with Crippen molar-refractivity contribution in [3.05, 3.63) is 89.8 Å². The van der Waals surface area contributed by atoms with E-state index < -0.39 is 53.4 Å². The maximum atomic E-state index is 14.9. The SMILES string of the molecule is COc1ccc2c(O[C@@H]3C[C@H]4C(=O)N[C@]5(C(=O)NNC(=O)c6ccc7ccccc7c6)C[C@H]5/C=C\CCCC[C@H](NC(=O)NC5CCCC5)C(=O)N4C3)cc(-c3csc(NC(C)C)n3)nc2c1. The van der Waals surface area contributed by atoms with Gasteiger partial charge < -0.3 is 35.6 Å². The Morgan fingerprint density at radius 1 is 0.896 bits per heavy atom. The van der Waals surface area contributed by atoms with E-state index in [4.69, 9.17) is 19.4 Å². The average Bonchev–Trinajstić information content (AvgIpc) is 3.76. The summed E-state index contributed by atoms with van der Waals surface area (Å²) >= 11 is 1.47. The topological polar surface area (TPSA) is 205 Å². The molecule has 9 rings (SSSR count). The van der Waals surface area contributed by atoms with Gasteiger partial charge in [0.25, 0.3) is 11.8 Å². The third-order valence-corrected chi connectivity index (χ3v) is 13.9. The lowest BCUT2D eigenvalue weighted by Gasteiger charge is -2.30. The van der Waals surface area contributed by atoms with Gasteiger partial charge >= 0.3 is 6.03 Å². The van der Waals surface area contributed by atoms with Gasteiger partial charge in [0.05, 0.1) is 24.9 Å². The van der Waals surface area contributed by atoms with E-state index in [9.17, 15) is 24.0 Å². The summed E-state index contributed by atoms with van der Waals surface area (Å²) in [5.74, 6) is -1.31. The van der Waals surface area contributed by atoms with Crippen LogP contribution in [0.15, 0.2) is 84.3 Å². The highest BCUT2D eigenvalue weighted by atomic mass is 32.1. The molecule has 4 heterocycles. The molecule has 0 bridgehead atoms. The quantitative estimate of drug-likeness (QED) is 0.0641. The maximum Gasteiger partial charge on any atom is 0.315 e. The van der Waals surface area contributed by atoms with Gasteiger partial charge in [-0.3, -0.25) is 30.0 Å². The summed E-state index contributed by atoms with van der Waals surface area (Å²) in [7, 11) is 1.59. The van der Waals surface area contributed by atoms with E-state index in [1.807, 2.05) is 86.0 Å². The number of hydrogen-bond acceptors (Lipinski definition) is 11. The summed E-state index contributed by atoms with van der Waals surface area (Å²) < 4.78 is 12.4. The molecule has 67 heavy (non-hydrogen) atoms. The van der Waals surface area contributed by atoms with Gasteiger partial charge in [-0.15, -0.1) is 11.3 Å². The lowest BCUT2D eigenvalue weighted by Crippen LogP contribution is -2.59. The second-order valence-electron chi connectivity index (χ2n) is 18.3. The van der Waals surface area contributed by atoms with Crippen LogP contribution in [0, 0.1) is 5.92 Å². The summed E-state index contributed by atoms with van der Waals surface area (Å²) in [5, 5.41) is 17.6.